The van der Waals surface area contributed by atoms with Gasteiger partial charge in [-0.25, -0.2) is 0 Å². The molecule has 0 aliphatic rings. The second-order valence-corrected chi connectivity index (χ2v) is 27.4. The normalized spacial score (nSPS) is 11.8. The van der Waals surface area contributed by atoms with Crippen molar-refractivity contribution in [2.24, 2.45) is 0 Å². The summed E-state index contributed by atoms with van der Waals surface area (Å²) in [6, 6.07) is 54.5. The topological polar surface area (TPSA) is 0 Å². The van der Waals surface area contributed by atoms with Crippen molar-refractivity contribution < 1.29 is 17.6 Å². The summed E-state index contributed by atoms with van der Waals surface area (Å²) < 4.78 is 73.4. The van der Waals surface area contributed by atoms with Crippen molar-refractivity contribution in [3.8, 4) is 0 Å². The molecule has 0 fully saturated rings. The quantitative estimate of drug-likeness (QED) is 0.117. The first kappa shape index (κ1) is 31.9. The standard InChI is InChI=1S/C42H30F4Ge2/c43-37-39(45)42(48(34-25-13-4-14-26-34,35-27-15-5-16-28-35)36-29-17-6-18-30-36)40(46)38(44)41(37)47(31-19-7-1-8-20-31,32-21-9-2-10-22-32)33-23-11-3-12-24-33/h1-30H. The van der Waals surface area contributed by atoms with Gasteiger partial charge in [-0.05, 0) is 0 Å². The molecule has 7 aromatic carbocycles. The average Bonchev–Trinajstić information content (AvgIpc) is 3.16. The van der Waals surface area contributed by atoms with Crippen molar-refractivity contribution in [2.75, 3.05) is 0 Å². The van der Waals surface area contributed by atoms with E-state index in [1.807, 2.05) is 109 Å². The molecule has 234 valence electrons. The van der Waals surface area contributed by atoms with E-state index in [1.54, 1.807) is 72.8 Å². The van der Waals surface area contributed by atoms with Crippen molar-refractivity contribution >= 4 is 61.7 Å². The van der Waals surface area contributed by atoms with Gasteiger partial charge in [-0.3, -0.25) is 0 Å². The molecule has 0 saturated heterocycles. The molecule has 0 atom stereocenters. The summed E-state index contributed by atoms with van der Waals surface area (Å²) in [5.41, 5.74) is 0. The summed E-state index contributed by atoms with van der Waals surface area (Å²) in [6.45, 7) is 0. The van der Waals surface area contributed by atoms with Crippen molar-refractivity contribution in [2.45, 2.75) is 0 Å². The fourth-order valence-electron chi connectivity index (χ4n) is 7.29. The van der Waals surface area contributed by atoms with Gasteiger partial charge in [0.05, 0.1) is 0 Å². The third-order valence-corrected chi connectivity index (χ3v) is 29.3. The maximum atomic E-state index is 17.6. The molecule has 0 nitrogen and oxygen atoms in total. The van der Waals surface area contributed by atoms with E-state index in [4.69, 9.17) is 0 Å². The van der Waals surface area contributed by atoms with E-state index in [0.29, 0.717) is 26.4 Å². The van der Waals surface area contributed by atoms with E-state index in [1.165, 1.54) is 0 Å². The van der Waals surface area contributed by atoms with Gasteiger partial charge in [0.2, 0.25) is 0 Å². The molecule has 0 N–H and O–H groups in total. The van der Waals surface area contributed by atoms with Crippen molar-refractivity contribution in [3.63, 3.8) is 0 Å². The molecule has 0 aliphatic heterocycles. The molecule has 48 heavy (non-hydrogen) atoms. The van der Waals surface area contributed by atoms with Crippen LogP contribution >= 0.6 is 0 Å². The summed E-state index contributed by atoms with van der Waals surface area (Å²) in [7, 11) is 0. The summed E-state index contributed by atoms with van der Waals surface area (Å²) in [4.78, 5) is 0. The molecule has 0 aliphatic carbocycles. The van der Waals surface area contributed by atoms with Crippen LogP contribution in [0.3, 0.4) is 0 Å². The number of hydrogen-bond donors (Lipinski definition) is 0. The first-order valence-electron chi connectivity index (χ1n) is 15.7. The van der Waals surface area contributed by atoms with Crippen LogP contribution in [0.2, 0.25) is 0 Å². The van der Waals surface area contributed by atoms with Crippen molar-refractivity contribution in [3.05, 3.63) is 205 Å². The van der Waals surface area contributed by atoms with Crippen LogP contribution in [0, 0.1) is 23.3 Å². The molecule has 0 radical (unpaired) electrons. The second-order valence-electron chi connectivity index (χ2n) is 11.7. The van der Waals surface area contributed by atoms with Crippen LogP contribution in [0.5, 0.6) is 0 Å². The Labute approximate surface area is 283 Å². The van der Waals surface area contributed by atoms with Crippen LogP contribution < -0.4 is 35.2 Å². The molecule has 0 amide bonds. The first-order valence-corrected chi connectivity index (χ1v) is 24.1. The fraction of sp³-hybridized carbons (Fsp3) is 0. The first-order chi connectivity index (χ1) is 23.5. The number of rotatable bonds is 8. The van der Waals surface area contributed by atoms with E-state index >= 15 is 17.6 Å². The zero-order valence-corrected chi connectivity index (χ0v) is 30.0. The van der Waals surface area contributed by atoms with Crippen LogP contribution in [0.25, 0.3) is 0 Å². The Bertz CT molecular complexity index is 1770. The average molecular weight is 756 g/mol. The summed E-state index contributed by atoms with van der Waals surface area (Å²) >= 11 is -9.53. The van der Waals surface area contributed by atoms with Crippen LogP contribution in [0.1, 0.15) is 0 Å². The predicted molar refractivity (Wildman–Crippen MR) is 194 cm³/mol. The van der Waals surface area contributed by atoms with Gasteiger partial charge in [0, 0.05) is 0 Å². The zero-order valence-electron chi connectivity index (χ0n) is 25.8. The minimum atomic E-state index is -4.77. The number of hydrogen-bond acceptors (Lipinski definition) is 0. The Kier molecular flexibility index (Phi) is 8.95. The number of benzene rings is 7. The zero-order chi connectivity index (χ0) is 33.1. The molecule has 0 spiro atoms. The third kappa shape index (κ3) is 5.06. The van der Waals surface area contributed by atoms with Gasteiger partial charge in [-0.1, -0.05) is 0 Å². The van der Waals surface area contributed by atoms with Gasteiger partial charge in [0.15, 0.2) is 0 Å². The van der Waals surface area contributed by atoms with E-state index < -0.39 is 58.6 Å². The van der Waals surface area contributed by atoms with E-state index in [-0.39, 0.29) is 0 Å². The van der Waals surface area contributed by atoms with E-state index in [9.17, 15) is 0 Å². The van der Waals surface area contributed by atoms with Crippen LogP contribution in [-0.4, -0.2) is 26.5 Å². The Morgan fingerprint density at radius 3 is 0.521 bits per heavy atom. The third-order valence-electron chi connectivity index (χ3n) is 9.25. The van der Waals surface area contributed by atoms with Crippen LogP contribution in [0.15, 0.2) is 182 Å². The minimum absolute atomic E-state index is 0.511. The molecule has 0 bridgehead atoms. The molecule has 0 aromatic heterocycles. The fourth-order valence-corrected chi connectivity index (χ4v) is 27.5. The Hall–Kier alpha value is -4.65. The molecule has 0 unspecified atom stereocenters. The maximum absolute atomic E-state index is 17.6. The van der Waals surface area contributed by atoms with Gasteiger partial charge in [-0.2, -0.15) is 0 Å². The molecular formula is C42H30F4Ge2. The second kappa shape index (κ2) is 13.5. The monoisotopic (exact) mass is 758 g/mol. The van der Waals surface area contributed by atoms with Gasteiger partial charge in [-0.15, -0.1) is 0 Å². The number of halogens is 4. The van der Waals surface area contributed by atoms with Gasteiger partial charge in [0.25, 0.3) is 0 Å². The summed E-state index contributed by atoms with van der Waals surface area (Å²) in [5, 5.41) is 0. The summed E-state index contributed by atoms with van der Waals surface area (Å²) in [5.74, 6) is -5.34. The molecule has 0 heterocycles. The molecule has 0 saturated carbocycles. The predicted octanol–water partition coefficient (Wildman–Crippen LogP) is 5.00. The van der Waals surface area contributed by atoms with Gasteiger partial charge in [0.1, 0.15) is 0 Å². The SMILES string of the molecule is Fc1c(F)[c]([Ge]([c]2ccccc2)([c]2ccccc2)[c]2ccccc2)c(F)c(F)[c]1[Ge]([c]1ccccc1)([c]1ccccc1)[c]1ccccc1. The van der Waals surface area contributed by atoms with Crippen LogP contribution in [0.4, 0.5) is 17.6 Å². The van der Waals surface area contributed by atoms with Crippen LogP contribution in [-0.2, 0) is 0 Å². The molecule has 6 heteroatoms. The Morgan fingerprint density at radius 2 is 0.375 bits per heavy atom. The molecule has 7 rings (SSSR count). The molecular weight excluding hydrogens is 726 g/mol. The van der Waals surface area contributed by atoms with Crippen molar-refractivity contribution in [1.29, 1.82) is 0 Å². The van der Waals surface area contributed by atoms with Crippen molar-refractivity contribution in [1.82, 2.24) is 0 Å². The van der Waals surface area contributed by atoms with Gasteiger partial charge < -0.3 is 0 Å². The Morgan fingerprint density at radius 1 is 0.229 bits per heavy atom. The molecule has 7 aromatic rings. The van der Waals surface area contributed by atoms with E-state index in [0.717, 1.165) is 0 Å². The summed E-state index contributed by atoms with van der Waals surface area (Å²) in [6.07, 6.45) is 0. The van der Waals surface area contributed by atoms with Gasteiger partial charge >= 0.3 is 285 Å². The Balaban J connectivity index is 1.67. The van der Waals surface area contributed by atoms with E-state index in [2.05, 4.69) is 0 Å².